The predicted molar refractivity (Wildman–Crippen MR) is 58.7 cm³/mol. The summed E-state index contributed by atoms with van der Waals surface area (Å²) in [4.78, 5) is 4.10. The van der Waals surface area contributed by atoms with E-state index in [9.17, 15) is 8.78 Å². The normalized spacial score (nSPS) is 10.4. The van der Waals surface area contributed by atoms with E-state index < -0.39 is 11.6 Å². The molecular formula is C12H10F2N2. The first-order chi connectivity index (χ1) is 7.58. The van der Waals surface area contributed by atoms with E-state index in [2.05, 4.69) is 4.98 Å². The van der Waals surface area contributed by atoms with Gasteiger partial charge in [-0.2, -0.15) is 0 Å². The van der Waals surface area contributed by atoms with Crippen molar-refractivity contribution >= 4 is 5.69 Å². The second-order valence-electron chi connectivity index (χ2n) is 3.56. The van der Waals surface area contributed by atoms with Crippen molar-refractivity contribution in [3.05, 3.63) is 47.7 Å². The van der Waals surface area contributed by atoms with E-state index in [1.54, 1.807) is 6.07 Å². The van der Waals surface area contributed by atoms with Gasteiger partial charge in [0, 0.05) is 5.56 Å². The van der Waals surface area contributed by atoms with Crippen LogP contribution >= 0.6 is 0 Å². The lowest BCUT2D eigenvalue weighted by atomic mass is 10.1. The lowest BCUT2D eigenvalue weighted by molar-refractivity contribution is 0.509. The molecular weight excluding hydrogens is 210 g/mol. The number of aromatic nitrogens is 1. The summed E-state index contributed by atoms with van der Waals surface area (Å²) in [6.45, 7) is 1.82. The summed E-state index contributed by atoms with van der Waals surface area (Å²) in [5.74, 6) is -1.74. The molecule has 0 fully saturated rings. The minimum absolute atomic E-state index is 0.538. The number of nitrogens with two attached hydrogens (primary N) is 1. The van der Waals surface area contributed by atoms with Gasteiger partial charge in [0.1, 0.15) is 0 Å². The van der Waals surface area contributed by atoms with Gasteiger partial charge < -0.3 is 5.73 Å². The zero-order valence-corrected chi connectivity index (χ0v) is 8.67. The summed E-state index contributed by atoms with van der Waals surface area (Å²) in [6.07, 6.45) is 1.49. The summed E-state index contributed by atoms with van der Waals surface area (Å²) >= 11 is 0. The maximum Gasteiger partial charge on any atom is 0.159 e. The van der Waals surface area contributed by atoms with Crippen molar-refractivity contribution in [1.82, 2.24) is 4.98 Å². The highest BCUT2D eigenvalue weighted by atomic mass is 19.2. The van der Waals surface area contributed by atoms with Crippen LogP contribution in [-0.4, -0.2) is 4.98 Å². The number of halogens is 2. The van der Waals surface area contributed by atoms with Crippen molar-refractivity contribution in [2.75, 3.05) is 5.73 Å². The molecule has 0 saturated heterocycles. The Kier molecular flexibility index (Phi) is 2.56. The Labute approximate surface area is 91.7 Å². The summed E-state index contributed by atoms with van der Waals surface area (Å²) in [7, 11) is 0. The molecule has 16 heavy (non-hydrogen) atoms. The second-order valence-corrected chi connectivity index (χ2v) is 3.56. The Morgan fingerprint density at radius 1 is 1.12 bits per heavy atom. The van der Waals surface area contributed by atoms with E-state index in [1.165, 1.54) is 12.3 Å². The first-order valence-corrected chi connectivity index (χ1v) is 4.75. The number of hydrogen-bond donors (Lipinski definition) is 1. The molecule has 1 aromatic carbocycles. The van der Waals surface area contributed by atoms with Crippen LogP contribution in [0, 0.1) is 18.6 Å². The zero-order chi connectivity index (χ0) is 11.7. The highest BCUT2D eigenvalue weighted by molar-refractivity contribution is 5.64. The van der Waals surface area contributed by atoms with Crippen molar-refractivity contribution in [2.24, 2.45) is 0 Å². The van der Waals surface area contributed by atoms with Gasteiger partial charge in [0.25, 0.3) is 0 Å². The fraction of sp³-hybridized carbons (Fsp3) is 0.0833. The van der Waals surface area contributed by atoms with Crippen LogP contribution in [0.1, 0.15) is 5.56 Å². The third kappa shape index (κ3) is 1.86. The van der Waals surface area contributed by atoms with Gasteiger partial charge in [0.2, 0.25) is 0 Å². The molecule has 2 N–H and O–H groups in total. The number of rotatable bonds is 1. The number of aryl methyl sites for hydroxylation is 1. The minimum Gasteiger partial charge on any atom is -0.397 e. The molecule has 2 rings (SSSR count). The molecule has 0 amide bonds. The molecule has 4 heteroatoms. The number of nitrogen functional groups attached to an aromatic ring is 1. The predicted octanol–water partition coefficient (Wildman–Crippen LogP) is 2.92. The van der Waals surface area contributed by atoms with E-state index in [0.29, 0.717) is 16.9 Å². The number of benzene rings is 1. The average molecular weight is 220 g/mol. The number of hydrogen-bond acceptors (Lipinski definition) is 2. The van der Waals surface area contributed by atoms with Gasteiger partial charge >= 0.3 is 0 Å². The van der Waals surface area contributed by atoms with Gasteiger partial charge in [-0.25, -0.2) is 8.78 Å². The van der Waals surface area contributed by atoms with Crippen LogP contribution in [0.25, 0.3) is 11.3 Å². The highest BCUT2D eigenvalue weighted by Gasteiger charge is 2.07. The van der Waals surface area contributed by atoms with E-state index in [0.717, 1.165) is 17.7 Å². The van der Waals surface area contributed by atoms with Crippen LogP contribution in [0.15, 0.2) is 30.5 Å². The molecule has 0 bridgehead atoms. The molecule has 0 unspecified atom stereocenters. The molecule has 1 aromatic heterocycles. The Morgan fingerprint density at radius 2 is 1.88 bits per heavy atom. The van der Waals surface area contributed by atoms with Crippen molar-refractivity contribution in [3.8, 4) is 11.3 Å². The van der Waals surface area contributed by atoms with Crippen LogP contribution in [0.5, 0.6) is 0 Å². The van der Waals surface area contributed by atoms with Gasteiger partial charge in [-0.1, -0.05) is 0 Å². The lowest BCUT2D eigenvalue weighted by Gasteiger charge is -2.06. The molecule has 0 aliphatic heterocycles. The molecule has 82 valence electrons. The zero-order valence-electron chi connectivity index (χ0n) is 8.67. The van der Waals surface area contributed by atoms with Crippen molar-refractivity contribution in [2.45, 2.75) is 6.92 Å². The number of pyridine rings is 1. The monoisotopic (exact) mass is 220 g/mol. The minimum atomic E-state index is -0.879. The van der Waals surface area contributed by atoms with Crippen molar-refractivity contribution < 1.29 is 8.78 Å². The SMILES string of the molecule is Cc1cc(N)cnc1-c1ccc(F)c(F)c1. The van der Waals surface area contributed by atoms with Crippen molar-refractivity contribution in [1.29, 1.82) is 0 Å². The quantitative estimate of drug-likeness (QED) is 0.802. The maximum absolute atomic E-state index is 13.0. The summed E-state index contributed by atoms with van der Waals surface area (Å²) in [5, 5.41) is 0. The third-order valence-corrected chi connectivity index (χ3v) is 2.29. The Morgan fingerprint density at radius 3 is 2.50 bits per heavy atom. The molecule has 2 nitrogen and oxygen atoms in total. The first kappa shape index (κ1) is 10.5. The van der Waals surface area contributed by atoms with Gasteiger partial charge in [0.15, 0.2) is 11.6 Å². The molecule has 0 atom stereocenters. The highest BCUT2D eigenvalue weighted by Crippen LogP contribution is 2.23. The lowest BCUT2D eigenvalue weighted by Crippen LogP contribution is -1.93. The van der Waals surface area contributed by atoms with Crippen LogP contribution in [0.4, 0.5) is 14.5 Å². The van der Waals surface area contributed by atoms with Crippen molar-refractivity contribution in [3.63, 3.8) is 0 Å². The van der Waals surface area contributed by atoms with E-state index in [-0.39, 0.29) is 0 Å². The second kappa shape index (κ2) is 3.89. The average Bonchev–Trinajstić information content (AvgIpc) is 2.22. The fourth-order valence-corrected chi connectivity index (χ4v) is 1.54. The third-order valence-electron chi connectivity index (χ3n) is 2.29. The molecule has 1 heterocycles. The Hall–Kier alpha value is -1.97. The molecule has 0 radical (unpaired) electrons. The maximum atomic E-state index is 13.0. The first-order valence-electron chi connectivity index (χ1n) is 4.75. The van der Waals surface area contributed by atoms with Crippen LogP contribution in [0.3, 0.4) is 0 Å². The van der Waals surface area contributed by atoms with Crippen LogP contribution in [-0.2, 0) is 0 Å². The number of nitrogens with zero attached hydrogens (tertiary/aromatic N) is 1. The molecule has 2 aromatic rings. The fourth-order valence-electron chi connectivity index (χ4n) is 1.54. The Bertz CT molecular complexity index is 539. The molecule has 0 aliphatic carbocycles. The molecule has 0 aliphatic rings. The summed E-state index contributed by atoms with van der Waals surface area (Å²) < 4.78 is 25.8. The van der Waals surface area contributed by atoms with E-state index in [4.69, 9.17) is 5.73 Å². The van der Waals surface area contributed by atoms with Crippen LogP contribution in [0.2, 0.25) is 0 Å². The van der Waals surface area contributed by atoms with E-state index >= 15 is 0 Å². The van der Waals surface area contributed by atoms with Gasteiger partial charge in [-0.15, -0.1) is 0 Å². The summed E-state index contributed by atoms with van der Waals surface area (Å²) in [6, 6.07) is 5.44. The van der Waals surface area contributed by atoms with Crippen LogP contribution < -0.4 is 5.73 Å². The summed E-state index contributed by atoms with van der Waals surface area (Å²) in [5.41, 5.74) is 8.08. The Balaban J connectivity index is 2.54. The smallest absolute Gasteiger partial charge is 0.159 e. The largest absolute Gasteiger partial charge is 0.397 e. The number of anilines is 1. The molecule has 0 saturated carbocycles. The van der Waals surface area contributed by atoms with Gasteiger partial charge in [-0.05, 0) is 36.8 Å². The standard InChI is InChI=1S/C12H10F2N2/c1-7-4-9(15)6-16-12(7)8-2-3-10(13)11(14)5-8/h2-6H,15H2,1H3. The van der Waals surface area contributed by atoms with Gasteiger partial charge in [-0.3, -0.25) is 4.98 Å². The van der Waals surface area contributed by atoms with E-state index in [1.807, 2.05) is 6.92 Å². The topological polar surface area (TPSA) is 38.9 Å². The van der Waals surface area contributed by atoms with Gasteiger partial charge in [0.05, 0.1) is 17.6 Å². The molecule has 0 spiro atoms.